The zero-order valence-electron chi connectivity index (χ0n) is 49.7. The van der Waals surface area contributed by atoms with Crippen LogP contribution in [0.2, 0.25) is 0 Å². The van der Waals surface area contributed by atoms with Crippen molar-refractivity contribution in [2.75, 3.05) is 13.2 Å². The number of aliphatic hydroxyl groups is 5. The molecule has 1 aliphatic heterocycles. The fourth-order valence-electron chi connectivity index (χ4n) is 9.04. The van der Waals surface area contributed by atoms with Gasteiger partial charge in [-0.25, -0.2) is 0 Å². The van der Waals surface area contributed by atoms with E-state index in [0.29, 0.717) is 12.8 Å². The second kappa shape index (κ2) is 54.6. The number of nitrogens with one attached hydrogen (secondary N) is 1. The van der Waals surface area contributed by atoms with Gasteiger partial charge in [0.1, 0.15) is 24.4 Å². The maximum atomic E-state index is 13.4. The lowest BCUT2D eigenvalue weighted by Crippen LogP contribution is -2.61. The molecule has 0 aromatic heterocycles. The third-order valence-corrected chi connectivity index (χ3v) is 14.0. The van der Waals surface area contributed by atoms with Crippen LogP contribution in [0.15, 0.2) is 122 Å². The Kier molecular flexibility index (Phi) is 50.5. The number of ether oxygens (including phenoxy) is 3. The molecule has 0 spiro atoms. The van der Waals surface area contributed by atoms with Crippen LogP contribution in [0.3, 0.4) is 0 Å². The van der Waals surface area contributed by atoms with Crippen LogP contribution >= 0.6 is 0 Å². The Morgan fingerprint density at radius 3 is 1.52 bits per heavy atom. The molecule has 0 radical (unpaired) electrons. The van der Waals surface area contributed by atoms with Crippen molar-refractivity contribution in [3.8, 4) is 0 Å². The standard InChI is InChI=1S/C68H113NO10/c1-4-7-10-13-16-19-22-25-26-27-28-29-30-31-32-33-34-35-38-40-43-46-49-52-55-61(72)67(76)69-59(60(71)54-51-48-45-42-39-36-23-20-17-14-11-8-5-2)58-77-68-66(65(75)64(74)62(57-70)78-68)79-63(73)56-53-50-47-44-41-37-24-21-18-15-12-9-6-3/h7,9-10,12,15-16,18-19,21,24-26,28-29,31-32,37,41,51,54,59-62,64-66,68,70-72,74-75H,4-6,8,11,13-14,17,20,22-23,27,30,33-36,38-40,42-50,52-53,55-58H2,1-3H3,(H,69,76)/b10-7-,12-9+,18-15+,19-16-,24-21-,26-25-,29-28-,32-31-,41-37-,54-51+. The fourth-order valence-corrected chi connectivity index (χ4v) is 9.04. The molecular formula is C68H113NO10. The molecule has 11 nitrogen and oxygen atoms in total. The highest BCUT2D eigenvalue weighted by atomic mass is 16.7. The lowest BCUT2D eigenvalue weighted by atomic mass is 9.99. The Labute approximate surface area is 480 Å². The van der Waals surface area contributed by atoms with Crippen molar-refractivity contribution >= 4 is 11.9 Å². The summed E-state index contributed by atoms with van der Waals surface area (Å²) in [4.78, 5) is 26.5. The number of rotatable bonds is 51. The van der Waals surface area contributed by atoms with Crippen molar-refractivity contribution in [1.29, 1.82) is 0 Å². The zero-order chi connectivity index (χ0) is 57.5. The van der Waals surface area contributed by atoms with Crippen LogP contribution < -0.4 is 5.32 Å². The van der Waals surface area contributed by atoms with E-state index in [1.165, 1.54) is 70.6 Å². The van der Waals surface area contributed by atoms with Crippen molar-refractivity contribution in [3.63, 3.8) is 0 Å². The summed E-state index contributed by atoms with van der Waals surface area (Å²) in [5, 5.41) is 57.0. The van der Waals surface area contributed by atoms with E-state index >= 15 is 0 Å². The van der Waals surface area contributed by atoms with Gasteiger partial charge in [-0.05, 0) is 89.9 Å². The van der Waals surface area contributed by atoms with Crippen LogP contribution in [0.25, 0.3) is 0 Å². The molecule has 11 heteroatoms. The van der Waals surface area contributed by atoms with E-state index in [2.05, 4.69) is 99.0 Å². The van der Waals surface area contributed by atoms with Gasteiger partial charge in [0.15, 0.2) is 12.4 Å². The lowest BCUT2D eigenvalue weighted by Gasteiger charge is -2.41. The number of amides is 1. The number of esters is 1. The lowest BCUT2D eigenvalue weighted by molar-refractivity contribution is -0.305. The first kappa shape index (κ1) is 73.1. The molecule has 0 saturated carbocycles. The number of unbranched alkanes of at least 4 members (excludes halogenated alkanes) is 22. The number of carbonyl (C=O) groups excluding carboxylic acids is 2. The fraction of sp³-hybridized carbons (Fsp3) is 0.676. The van der Waals surface area contributed by atoms with Crippen molar-refractivity contribution in [1.82, 2.24) is 5.32 Å². The minimum absolute atomic E-state index is 0.0708. The van der Waals surface area contributed by atoms with E-state index in [9.17, 15) is 35.1 Å². The Morgan fingerprint density at radius 2 is 0.975 bits per heavy atom. The molecule has 1 aliphatic rings. The van der Waals surface area contributed by atoms with E-state index < -0.39 is 67.4 Å². The molecule has 8 unspecified atom stereocenters. The minimum Gasteiger partial charge on any atom is -0.454 e. The van der Waals surface area contributed by atoms with Gasteiger partial charge in [0.2, 0.25) is 5.91 Å². The summed E-state index contributed by atoms with van der Waals surface area (Å²) in [6, 6.07) is -1.04. The molecule has 1 fully saturated rings. The number of allylic oxidation sites excluding steroid dienone is 19. The van der Waals surface area contributed by atoms with Gasteiger partial charge < -0.3 is 45.1 Å². The highest BCUT2D eigenvalue weighted by Crippen LogP contribution is 2.26. The first-order valence-corrected chi connectivity index (χ1v) is 31.4. The van der Waals surface area contributed by atoms with E-state index in [1.54, 1.807) is 6.08 Å². The number of hydrogen-bond acceptors (Lipinski definition) is 10. The highest BCUT2D eigenvalue weighted by molar-refractivity contribution is 5.80. The third-order valence-electron chi connectivity index (χ3n) is 14.0. The summed E-state index contributed by atoms with van der Waals surface area (Å²) in [7, 11) is 0. The molecule has 0 aliphatic carbocycles. The van der Waals surface area contributed by atoms with Gasteiger partial charge >= 0.3 is 5.97 Å². The summed E-state index contributed by atoms with van der Waals surface area (Å²) < 4.78 is 17.6. The predicted octanol–water partition coefficient (Wildman–Crippen LogP) is 15.1. The molecule has 8 atom stereocenters. The molecule has 6 N–H and O–H groups in total. The quantitative estimate of drug-likeness (QED) is 0.0149. The normalized spacial score (nSPS) is 19.7. The maximum Gasteiger partial charge on any atom is 0.306 e. The van der Waals surface area contributed by atoms with Crippen molar-refractivity contribution in [2.24, 2.45) is 0 Å². The van der Waals surface area contributed by atoms with Gasteiger partial charge in [-0.3, -0.25) is 9.59 Å². The zero-order valence-corrected chi connectivity index (χ0v) is 49.7. The van der Waals surface area contributed by atoms with Crippen LogP contribution in [0.4, 0.5) is 0 Å². The molecule has 79 heavy (non-hydrogen) atoms. The molecule has 450 valence electrons. The average Bonchev–Trinajstić information content (AvgIpc) is 3.48. The maximum absolute atomic E-state index is 13.4. The van der Waals surface area contributed by atoms with E-state index in [4.69, 9.17) is 14.2 Å². The van der Waals surface area contributed by atoms with Crippen LogP contribution in [0.1, 0.15) is 233 Å². The van der Waals surface area contributed by atoms with E-state index in [1.807, 2.05) is 42.5 Å². The molecule has 1 rings (SSSR count). The van der Waals surface area contributed by atoms with Gasteiger partial charge in [-0.2, -0.15) is 0 Å². The van der Waals surface area contributed by atoms with Crippen LogP contribution in [0.5, 0.6) is 0 Å². The number of aliphatic hydroxyl groups excluding tert-OH is 5. The van der Waals surface area contributed by atoms with E-state index in [-0.39, 0.29) is 19.4 Å². The SMILES string of the molecule is CC/C=C\C/C=C\C/C=C\C/C=C\C/C=C\CCCCCCCCCCC(O)C(=O)NC(COC1OC(CO)C(O)C(O)C1OC(=O)CCCCC\C=C/C=C\C=C\C=C\CC)C(O)/C=C/CCCCCCCCCCCCC. The molecule has 1 saturated heterocycles. The molecule has 0 aromatic carbocycles. The van der Waals surface area contributed by atoms with Crippen molar-refractivity contribution in [2.45, 2.75) is 282 Å². The van der Waals surface area contributed by atoms with Gasteiger partial charge in [0.05, 0.1) is 25.4 Å². The van der Waals surface area contributed by atoms with Crippen molar-refractivity contribution < 1.29 is 49.3 Å². The van der Waals surface area contributed by atoms with Gasteiger partial charge in [-0.15, -0.1) is 0 Å². The van der Waals surface area contributed by atoms with Gasteiger partial charge in [0.25, 0.3) is 0 Å². The van der Waals surface area contributed by atoms with Gasteiger partial charge in [0, 0.05) is 6.42 Å². The average molecular weight is 1100 g/mol. The Hall–Kier alpha value is -3.94. The first-order valence-electron chi connectivity index (χ1n) is 31.4. The number of hydrogen-bond donors (Lipinski definition) is 6. The smallest absolute Gasteiger partial charge is 0.306 e. The van der Waals surface area contributed by atoms with Crippen LogP contribution in [-0.4, -0.2) is 99.6 Å². The highest BCUT2D eigenvalue weighted by Gasteiger charge is 2.47. The Balaban J connectivity index is 2.67. The summed E-state index contributed by atoms with van der Waals surface area (Å²) in [5.74, 6) is -1.25. The monoisotopic (exact) mass is 1100 g/mol. The van der Waals surface area contributed by atoms with Gasteiger partial charge in [-0.1, -0.05) is 258 Å². The molecule has 1 amide bonds. The first-order chi connectivity index (χ1) is 38.7. The molecular weight excluding hydrogens is 991 g/mol. The summed E-state index contributed by atoms with van der Waals surface area (Å²) in [6.45, 7) is 5.49. The number of carbonyl (C=O) groups is 2. The predicted molar refractivity (Wildman–Crippen MR) is 328 cm³/mol. The molecule has 0 aromatic rings. The summed E-state index contributed by atoms with van der Waals surface area (Å²) >= 11 is 0. The van der Waals surface area contributed by atoms with Crippen LogP contribution in [0, 0.1) is 0 Å². The van der Waals surface area contributed by atoms with Crippen molar-refractivity contribution in [3.05, 3.63) is 122 Å². The minimum atomic E-state index is -1.64. The second-order valence-corrected chi connectivity index (χ2v) is 21.1. The topological polar surface area (TPSA) is 175 Å². The Morgan fingerprint density at radius 1 is 0.519 bits per heavy atom. The van der Waals surface area contributed by atoms with E-state index in [0.717, 1.165) is 116 Å². The Bertz CT molecular complexity index is 1740. The second-order valence-electron chi connectivity index (χ2n) is 21.1. The van der Waals surface area contributed by atoms with Crippen LogP contribution in [-0.2, 0) is 23.8 Å². The summed E-state index contributed by atoms with van der Waals surface area (Å²) in [5.41, 5.74) is 0. The third kappa shape index (κ3) is 42.6. The summed E-state index contributed by atoms with van der Waals surface area (Å²) in [6.07, 6.45) is 65.3. The molecule has 0 bridgehead atoms. The molecule has 1 heterocycles. The largest absolute Gasteiger partial charge is 0.454 e.